The molecule has 0 aromatic carbocycles. The molecule has 1 rings (SSSR count). The molecule has 0 fully saturated rings. The summed E-state index contributed by atoms with van der Waals surface area (Å²) in [6.45, 7) is 9.27. The molecule has 0 atom stereocenters. The number of rotatable bonds is 4. The average Bonchev–Trinajstić information content (AvgIpc) is 2.52. The van der Waals surface area contributed by atoms with Gasteiger partial charge in [0.25, 0.3) is 0 Å². The van der Waals surface area contributed by atoms with Crippen LogP contribution in [0, 0.1) is 11.9 Å². The number of hydrogen-bond acceptors (Lipinski definition) is 1. The summed E-state index contributed by atoms with van der Waals surface area (Å²) in [6, 6.07) is 0. The molecule has 13 heavy (non-hydrogen) atoms. The molecule has 0 bridgehead atoms. The van der Waals surface area contributed by atoms with Gasteiger partial charge in [-0.15, -0.1) is 0 Å². The Labute approximate surface area is 84.3 Å². The Morgan fingerprint density at radius 3 is 2.62 bits per heavy atom. The van der Waals surface area contributed by atoms with Crippen molar-refractivity contribution >= 4 is 16.7 Å². The van der Waals surface area contributed by atoms with E-state index >= 15 is 0 Å². The maximum atomic E-state index is 5.84. The minimum absolute atomic E-state index is 0.143. The predicted octanol–water partition coefficient (Wildman–Crippen LogP) is 1.94. The molecule has 0 spiro atoms. The molecule has 0 aromatic rings. The van der Waals surface area contributed by atoms with Crippen molar-refractivity contribution in [2.45, 2.75) is 32.7 Å². The third-order valence-corrected chi connectivity index (χ3v) is 4.93. The molecule has 3 heteroatoms. The molecule has 0 amide bonds. The van der Waals surface area contributed by atoms with Gasteiger partial charge in [0.1, 0.15) is 9.76 Å². The highest BCUT2D eigenvalue weighted by Crippen LogP contribution is 2.32. The van der Waals surface area contributed by atoms with Crippen molar-refractivity contribution in [3.05, 3.63) is 24.1 Å². The monoisotopic (exact) mass is 193 g/mol. The van der Waals surface area contributed by atoms with Crippen molar-refractivity contribution in [2.75, 3.05) is 0 Å². The van der Waals surface area contributed by atoms with Crippen LogP contribution in [0.4, 0.5) is 0 Å². The van der Waals surface area contributed by atoms with E-state index in [0.29, 0.717) is 11.0 Å². The fourth-order valence-corrected chi connectivity index (χ4v) is 2.09. The Morgan fingerprint density at radius 1 is 1.46 bits per heavy atom. The third kappa shape index (κ3) is 3.16. The van der Waals surface area contributed by atoms with Crippen LogP contribution < -0.4 is 0 Å². The van der Waals surface area contributed by atoms with Gasteiger partial charge in [0.15, 0.2) is 0 Å². The summed E-state index contributed by atoms with van der Waals surface area (Å²) in [5.74, 6) is 5.91. The predicted molar refractivity (Wildman–Crippen MR) is 61.2 cm³/mol. The van der Waals surface area contributed by atoms with E-state index in [-0.39, 0.29) is 6.92 Å². The summed E-state index contributed by atoms with van der Waals surface area (Å²) in [7, 11) is -0.471. The molecule has 1 aliphatic rings. The van der Waals surface area contributed by atoms with Crippen LogP contribution in [-0.4, -0.2) is 16.7 Å². The molecule has 1 aliphatic heterocycles. The Bertz CT molecular complexity index is 209. The maximum Gasteiger partial charge on any atom is 0.342 e. The molecular formula is C10H18BOSi. The first-order chi connectivity index (χ1) is 6.02. The van der Waals surface area contributed by atoms with Crippen molar-refractivity contribution in [1.29, 1.82) is 0 Å². The number of hydrogen-bond donors (Lipinski definition) is 0. The van der Waals surface area contributed by atoms with Crippen molar-refractivity contribution in [2.24, 2.45) is 5.92 Å². The molecule has 0 N–H and O–H groups in total. The second-order valence-corrected chi connectivity index (χ2v) is 7.04. The Morgan fingerprint density at radius 2 is 2.15 bits per heavy atom. The van der Waals surface area contributed by atoms with Gasteiger partial charge in [0, 0.05) is 0 Å². The standard InChI is InChI=1S/C10H18BOSi/c1-9(2)10(3,4)13-12-11-7-5-6-8-11/h5-7,9H,13H2,1-4H3. The largest absolute Gasteiger partial charge is 0.474 e. The van der Waals surface area contributed by atoms with Crippen molar-refractivity contribution in [3.8, 4) is 0 Å². The van der Waals surface area contributed by atoms with Gasteiger partial charge in [-0.3, -0.25) is 0 Å². The maximum absolute atomic E-state index is 5.84. The summed E-state index contributed by atoms with van der Waals surface area (Å²) in [4.78, 5) is 0. The second kappa shape index (κ2) is 4.29. The topological polar surface area (TPSA) is 9.23 Å². The zero-order valence-corrected chi connectivity index (χ0v) is 10.4. The quantitative estimate of drug-likeness (QED) is 0.620. The minimum Gasteiger partial charge on any atom is -0.474 e. The first kappa shape index (κ1) is 10.8. The normalized spacial score (nSPS) is 17.2. The molecule has 0 unspecified atom stereocenters. The van der Waals surface area contributed by atoms with Gasteiger partial charge < -0.3 is 4.34 Å². The fraction of sp³-hybridized carbons (Fsp3) is 0.600. The van der Waals surface area contributed by atoms with Crippen LogP contribution in [-0.2, 0) is 4.34 Å². The van der Waals surface area contributed by atoms with Crippen LogP contribution in [0.25, 0.3) is 0 Å². The highest BCUT2D eigenvalue weighted by Gasteiger charge is 2.25. The van der Waals surface area contributed by atoms with E-state index in [0.717, 1.165) is 0 Å². The Kier molecular flexibility index (Phi) is 3.56. The zero-order chi connectivity index (χ0) is 9.90. The average molecular weight is 193 g/mol. The minimum atomic E-state index is -0.471. The Hall–Kier alpha value is -0.278. The molecule has 0 saturated heterocycles. The molecule has 0 aliphatic carbocycles. The van der Waals surface area contributed by atoms with Crippen LogP contribution in [0.15, 0.2) is 18.1 Å². The molecule has 0 saturated carbocycles. The van der Waals surface area contributed by atoms with E-state index in [9.17, 15) is 0 Å². The van der Waals surface area contributed by atoms with Crippen molar-refractivity contribution < 1.29 is 4.34 Å². The lowest BCUT2D eigenvalue weighted by atomic mass is 9.72. The third-order valence-electron chi connectivity index (χ3n) is 2.84. The van der Waals surface area contributed by atoms with Gasteiger partial charge in [0.05, 0.1) is 0 Å². The van der Waals surface area contributed by atoms with Gasteiger partial charge in [-0.2, -0.15) is 0 Å². The Balaban J connectivity index is 2.33. The van der Waals surface area contributed by atoms with E-state index < -0.39 is 9.76 Å². The first-order valence-electron chi connectivity index (χ1n) is 4.90. The van der Waals surface area contributed by atoms with Crippen LogP contribution >= 0.6 is 0 Å². The van der Waals surface area contributed by atoms with Gasteiger partial charge >= 0.3 is 6.92 Å². The lowest BCUT2D eigenvalue weighted by Gasteiger charge is -2.28. The zero-order valence-electron chi connectivity index (χ0n) is 9.00. The SMILES string of the molecule is CC(C)C(C)(C)[SiH2]OB1[C]=CC=C1. The second-order valence-electron chi connectivity index (χ2n) is 4.59. The van der Waals surface area contributed by atoms with Gasteiger partial charge in [-0.1, -0.05) is 45.8 Å². The fourth-order valence-electron chi connectivity index (χ4n) is 0.937. The van der Waals surface area contributed by atoms with Gasteiger partial charge in [0.2, 0.25) is 0 Å². The molecule has 1 heterocycles. The molecular weight excluding hydrogens is 175 g/mol. The molecule has 1 radical (unpaired) electrons. The first-order valence-corrected chi connectivity index (χ1v) is 6.18. The van der Waals surface area contributed by atoms with E-state index in [1.165, 1.54) is 0 Å². The summed E-state index contributed by atoms with van der Waals surface area (Å²) < 4.78 is 5.84. The lowest BCUT2D eigenvalue weighted by molar-refractivity contribution is 0.433. The van der Waals surface area contributed by atoms with Gasteiger partial charge in [-0.05, 0) is 16.9 Å². The molecule has 0 aromatic heterocycles. The number of allylic oxidation sites excluding steroid dienone is 2. The van der Waals surface area contributed by atoms with Crippen molar-refractivity contribution in [1.82, 2.24) is 0 Å². The molecule has 71 valence electrons. The summed E-state index contributed by atoms with van der Waals surface area (Å²) in [5.41, 5.74) is 0. The van der Waals surface area contributed by atoms with Crippen LogP contribution in [0.1, 0.15) is 27.7 Å². The summed E-state index contributed by atoms with van der Waals surface area (Å²) in [6.07, 6.45) is 3.93. The lowest BCUT2D eigenvalue weighted by Crippen LogP contribution is -2.27. The molecule has 1 nitrogen and oxygen atoms in total. The van der Waals surface area contributed by atoms with Gasteiger partial charge in [-0.25, -0.2) is 0 Å². The summed E-state index contributed by atoms with van der Waals surface area (Å²) in [5, 5.41) is 0.387. The van der Waals surface area contributed by atoms with E-state index in [1.54, 1.807) is 0 Å². The summed E-state index contributed by atoms with van der Waals surface area (Å²) >= 11 is 0. The smallest absolute Gasteiger partial charge is 0.342 e. The van der Waals surface area contributed by atoms with Crippen LogP contribution in [0.2, 0.25) is 5.04 Å². The van der Waals surface area contributed by atoms with Crippen LogP contribution in [0.3, 0.4) is 0 Å². The van der Waals surface area contributed by atoms with Crippen LogP contribution in [0.5, 0.6) is 0 Å². The van der Waals surface area contributed by atoms with Crippen molar-refractivity contribution in [3.63, 3.8) is 0 Å². The van der Waals surface area contributed by atoms with E-state index in [4.69, 9.17) is 4.34 Å². The highest BCUT2D eigenvalue weighted by molar-refractivity contribution is 6.67. The van der Waals surface area contributed by atoms with E-state index in [1.807, 2.05) is 12.2 Å². The van der Waals surface area contributed by atoms with E-state index in [2.05, 4.69) is 39.6 Å². The highest BCUT2D eigenvalue weighted by atomic mass is 28.2.